The van der Waals surface area contributed by atoms with E-state index < -0.39 is 31.6 Å². The summed E-state index contributed by atoms with van der Waals surface area (Å²) >= 11 is 0. The number of nitrogens with one attached hydrogen (secondary N) is 2. The molecule has 0 radical (unpaired) electrons. The van der Waals surface area contributed by atoms with Crippen molar-refractivity contribution in [2.75, 3.05) is 0 Å². The largest absolute Gasteiger partial charge is 0.335 e. The summed E-state index contributed by atoms with van der Waals surface area (Å²) in [5.41, 5.74) is 0.00488. The van der Waals surface area contributed by atoms with Gasteiger partial charge in [-0.1, -0.05) is 25.3 Å². The molecule has 1 aromatic carbocycles. The number of urea groups is 1. The molecule has 0 unspecified atom stereocenters. The number of nitro groups is 1. The Kier molecular flexibility index (Phi) is 5.19. The summed E-state index contributed by atoms with van der Waals surface area (Å²) in [5, 5.41) is 13.6. The number of rotatable bonds is 4. The minimum Gasteiger partial charge on any atom is -0.335 e. The first kappa shape index (κ1) is 17.2. The van der Waals surface area contributed by atoms with Crippen LogP contribution in [0.15, 0.2) is 23.1 Å². The van der Waals surface area contributed by atoms with Crippen LogP contribution in [0.25, 0.3) is 0 Å². The van der Waals surface area contributed by atoms with Crippen molar-refractivity contribution in [2.45, 2.75) is 50.0 Å². The van der Waals surface area contributed by atoms with Crippen molar-refractivity contribution in [3.63, 3.8) is 0 Å². The van der Waals surface area contributed by atoms with Crippen LogP contribution in [0.3, 0.4) is 0 Å². The Hall–Kier alpha value is -2.16. The van der Waals surface area contributed by atoms with Crippen molar-refractivity contribution in [1.29, 1.82) is 0 Å². The Balaban J connectivity index is 2.15. The molecule has 126 valence electrons. The zero-order chi connectivity index (χ0) is 17.0. The molecule has 0 bridgehead atoms. The maximum Gasteiger partial charge on any atom is 0.328 e. The topological polar surface area (TPSA) is 118 Å². The minimum atomic E-state index is -4.31. The van der Waals surface area contributed by atoms with Crippen LogP contribution in [0, 0.1) is 17.0 Å². The quantitative estimate of drug-likeness (QED) is 0.643. The van der Waals surface area contributed by atoms with Gasteiger partial charge in [0.15, 0.2) is 4.90 Å². The van der Waals surface area contributed by atoms with Gasteiger partial charge in [-0.25, -0.2) is 17.9 Å². The third-order valence-electron chi connectivity index (χ3n) is 3.77. The van der Waals surface area contributed by atoms with E-state index in [9.17, 15) is 23.3 Å². The van der Waals surface area contributed by atoms with Crippen molar-refractivity contribution in [2.24, 2.45) is 0 Å². The molecule has 1 aromatic rings. The number of carbonyl (C=O) groups excluding carboxylic acids is 1. The van der Waals surface area contributed by atoms with E-state index >= 15 is 0 Å². The second kappa shape index (κ2) is 6.95. The molecule has 2 rings (SSSR count). The maximum absolute atomic E-state index is 12.2. The highest BCUT2D eigenvalue weighted by Crippen LogP contribution is 2.24. The van der Waals surface area contributed by atoms with E-state index in [2.05, 4.69) is 5.32 Å². The first-order valence-electron chi connectivity index (χ1n) is 7.38. The maximum atomic E-state index is 12.2. The first-order valence-corrected chi connectivity index (χ1v) is 8.86. The van der Waals surface area contributed by atoms with Gasteiger partial charge in [0.25, 0.3) is 15.7 Å². The molecule has 0 aliphatic heterocycles. The molecule has 2 N–H and O–H groups in total. The molecule has 0 spiro atoms. The molecule has 1 fully saturated rings. The molecule has 8 nitrogen and oxygen atoms in total. The smallest absolute Gasteiger partial charge is 0.328 e. The molecule has 1 saturated carbocycles. The van der Waals surface area contributed by atoms with Crippen molar-refractivity contribution in [3.8, 4) is 0 Å². The number of nitro benzene ring substituents is 1. The van der Waals surface area contributed by atoms with Crippen LogP contribution >= 0.6 is 0 Å². The highest BCUT2D eigenvalue weighted by Gasteiger charge is 2.28. The van der Waals surface area contributed by atoms with E-state index in [1.54, 1.807) is 6.92 Å². The lowest BCUT2D eigenvalue weighted by atomic mass is 9.96. The van der Waals surface area contributed by atoms with Gasteiger partial charge < -0.3 is 5.32 Å². The number of hydrogen-bond acceptors (Lipinski definition) is 5. The molecule has 1 aliphatic carbocycles. The third kappa shape index (κ3) is 4.41. The van der Waals surface area contributed by atoms with Gasteiger partial charge in [-0.3, -0.25) is 10.1 Å². The van der Waals surface area contributed by atoms with E-state index in [-0.39, 0.29) is 6.04 Å². The third-order valence-corrected chi connectivity index (χ3v) is 5.15. The predicted molar refractivity (Wildman–Crippen MR) is 83.6 cm³/mol. The molecule has 0 heterocycles. The van der Waals surface area contributed by atoms with Crippen LogP contribution in [0.5, 0.6) is 0 Å². The van der Waals surface area contributed by atoms with Gasteiger partial charge in [-0.15, -0.1) is 0 Å². The fourth-order valence-corrected chi connectivity index (χ4v) is 3.71. The molecule has 0 atom stereocenters. The first-order chi connectivity index (χ1) is 10.8. The average Bonchev–Trinajstić information content (AvgIpc) is 2.47. The Morgan fingerprint density at radius 1 is 1.26 bits per heavy atom. The number of amides is 2. The van der Waals surface area contributed by atoms with E-state index in [1.165, 1.54) is 6.07 Å². The summed E-state index contributed by atoms with van der Waals surface area (Å²) in [6, 6.07) is 2.82. The van der Waals surface area contributed by atoms with Crippen LogP contribution in [-0.2, 0) is 10.0 Å². The standard InChI is InChI=1S/C14H19N3O5S/c1-10-7-8-13(12(9-10)17(19)20)23(21,22)16-14(18)15-11-5-3-2-4-6-11/h7-9,11H,2-6H2,1H3,(H2,15,16,18). The fourth-order valence-electron chi connectivity index (χ4n) is 2.64. The zero-order valence-corrected chi connectivity index (χ0v) is 13.6. The second-order valence-electron chi connectivity index (χ2n) is 5.64. The summed E-state index contributed by atoms with van der Waals surface area (Å²) in [5.74, 6) is 0. The van der Waals surface area contributed by atoms with Gasteiger partial charge in [-0.2, -0.15) is 0 Å². The van der Waals surface area contributed by atoms with Gasteiger partial charge in [0.05, 0.1) is 4.92 Å². The van der Waals surface area contributed by atoms with Gasteiger partial charge in [-0.05, 0) is 31.4 Å². The average molecular weight is 341 g/mol. The summed E-state index contributed by atoms with van der Waals surface area (Å²) in [4.78, 5) is 21.6. The van der Waals surface area contributed by atoms with Gasteiger partial charge in [0.2, 0.25) is 0 Å². The molecule has 0 saturated heterocycles. The van der Waals surface area contributed by atoms with Crippen molar-refractivity contribution in [1.82, 2.24) is 10.0 Å². The van der Waals surface area contributed by atoms with Crippen molar-refractivity contribution < 1.29 is 18.1 Å². The lowest BCUT2D eigenvalue weighted by Crippen LogP contribution is -2.45. The van der Waals surface area contributed by atoms with E-state index in [1.807, 2.05) is 4.72 Å². The molecular weight excluding hydrogens is 322 g/mol. The normalized spacial score (nSPS) is 15.9. The monoisotopic (exact) mass is 341 g/mol. The van der Waals surface area contributed by atoms with E-state index in [0.29, 0.717) is 5.56 Å². The number of carbonyl (C=O) groups is 1. The Bertz CT molecular complexity index is 711. The predicted octanol–water partition coefficient (Wildman–Crippen LogP) is 2.22. The molecule has 1 aliphatic rings. The lowest BCUT2D eigenvalue weighted by Gasteiger charge is -2.22. The molecule has 2 amide bonds. The van der Waals surface area contributed by atoms with Gasteiger partial charge in [0, 0.05) is 12.1 Å². The van der Waals surface area contributed by atoms with Crippen LogP contribution in [0.1, 0.15) is 37.7 Å². The fraction of sp³-hybridized carbons (Fsp3) is 0.500. The minimum absolute atomic E-state index is 0.0630. The Labute approximate surface area is 134 Å². The van der Waals surface area contributed by atoms with E-state index in [0.717, 1.165) is 44.2 Å². The Morgan fingerprint density at radius 2 is 1.91 bits per heavy atom. The number of sulfonamides is 1. The Morgan fingerprint density at radius 3 is 2.52 bits per heavy atom. The molecular formula is C14H19N3O5S. The number of nitrogens with zero attached hydrogens (tertiary/aromatic N) is 1. The number of hydrogen-bond donors (Lipinski definition) is 2. The van der Waals surface area contributed by atoms with Crippen LogP contribution < -0.4 is 10.0 Å². The van der Waals surface area contributed by atoms with Crippen LogP contribution in [0.2, 0.25) is 0 Å². The molecule has 9 heteroatoms. The summed E-state index contributed by atoms with van der Waals surface area (Å²) < 4.78 is 26.3. The second-order valence-corrected chi connectivity index (χ2v) is 7.29. The SMILES string of the molecule is Cc1ccc(S(=O)(=O)NC(=O)NC2CCCCC2)c([N+](=O)[O-])c1. The molecule has 23 heavy (non-hydrogen) atoms. The van der Waals surface area contributed by atoms with Crippen LogP contribution in [-0.4, -0.2) is 25.4 Å². The number of aryl methyl sites for hydroxylation is 1. The van der Waals surface area contributed by atoms with Crippen molar-refractivity contribution in [3.05, 3.63) is 33.9 Å². The van der Waals surface area contributed by atoms with Crippen LogP contribution in [0.4, 0.5) is 10.5 Å². The lowest BCUT2D eigenvalue weighted by molar-refractivity contribution is -0.387. The highest BCUT2D eigenvalue weighted by atomic mass is 32.2. The zero-order valence-electron chi connectivity index (χ0n) is 12.7. The summed E-state index contributed by atoms with van der Waals surface area (Å²) in [7, 11) is -4.31. The van der Waals surface area contributed by atoms with E-state index in [4.69, 9.17) is 0 Å². The summed E-state index contributed by atoms with van der Waals surface area (Å²) in [6.45, 7) is 1.62. The number of benzene rings is 1. The molecule has 0 aromatic heterocycles. The summed E-state index contributed by atoms with van der Waals surface area (Å²) in [6.07, 6.45) is 4.69. The highest BCUT2D eigenvalue weighted by molar-refractivity contribution is 7.90. The van der Waals surface area contributed by atoms with Gasteiger partial charge >= 0.3 is 6.03 Å². The van der Waals surface area contributed by atoms with Gasteiger partial charge in [0.1, 0.15) is 0 Å². The van der Waals surface area contributed by atoms with Crippen molar-refractivity contribution >= 4 is 21.7 Å².